The predicted octanol–water partition coefficient (Wildman–Crippen LogP) is 2.54. The summed E-state index contributed by atoms with van der Waals surface area (Å²) in [5.41, 5.74) is 5.79. The molecule has 0 spiro atoms. The lowest BCUT2D eigenvalue weighted by Crippen LogP contribution is -2.38. The molecule has 1 atom stereocenters. The maximum Gasteiger partial charge on any atom is 0.241 e. The van der Waals surface area contributed by atoms with Crippen molar-refractivity contribution < 1.29 is 4.79 Å². The van der Waals surface area contributed by atoms with Crippen molar-refractivity contribution in [2.75, 3.05) is 20.6 Å². The van der Waals surface area contributed by atoms with Gasteiger partial charge < -0.3 is 5.32 Å². The van der Waals surface area contributed by atoms with E-state index in [4.69, 9.17) is 0 Å². The molecule has 2 aromatic rings. The van der Waals surface area contributed by atoms with E-state index in [0.717, 1.165) is 35.5 Å². The fourth-order valence-electron chi connectivity index (χ4n) is 3.71. The van der Waals surface area contributed by atoms with Gasteiger partial charge in [0.1, 0.15) is 11.9 Å². The molecule has 5 heteroatoms. The van der Waals surface area contributed by atoms with Crippen LogP contribution in [0, 0.1) is 13.8 Å². The second-order valence-electron chi connectivity index (χ2n) is 7.33. The van der Waals surface area contributed by atoms with E-state index in [2.05, 4.69) is 28.3 Å². The molecule has 1 aliphatic carbocycles. The molecule has 0 bridgehead atoms. The van der Waals surface area contributed by atoms with Crippen molar-refractivity contribution in [1.82, 2.24) is 20.2 Å². The molecule has 1 aromatic carbocycles. The lowest BCUT2D eigenvalue weighted by molar-refractivity contribution is -0.125. The van der Waals surface area contributed by atoms with E-state index in [1.807, 2.05) is 44.1 Å². The number of hydrogen-bond acceptors (Lipinski definition) is 4. The molecule has 1 unspecified atom stereocenters. The Labute approximate surface area is 155 Å². The van der Waals surface area contributed by atoms with Gasteiger partial charge in [-0.15, -0.1) is 0 Å². The van der Waals surface area contributed by atoms with E-state index in [1.165, 1.54) is 17.7 Å². The molecule has 0 saturated carbocycles. The van der Waals surface area contributed by atoms with Crippen molar-refractivity contribution in [2.45, 2.75) is 45.6 Å². The maximum absolute atomic E-state index is 12.7. The number of nitrogens with zero attached hydrogens (tertiary/aromatic N) is 3. The zero-order valence-corrected chi connectivity index (χ0v) is 16.2. The molecule has 1 amide bonds. The third-order valence-electron chi connectivity index (χ3n) is 4.96. The molecular formula is C21H28N4O. The van der Waals surface area contributed by atoms with Crippen LogP contribution in [0.15, 0.2) is 24.3 Å². The smallest absolute Gasteiger partial charge is 0.241 e. The number of hydrogen-bond donors (Lipinski definition) is 1. The van der Waals surface area contributed by atoms with Crippen LogP contribution in [0.1, 0.15) is 46.4 Å². The minimum absolute atomic E-state index is 0.0125. The second-order valence-corrected chi connectivity index (χ2v) is 7.33. The lowest BCUT2D eigenvalue weighted by Gasteiger charge is -2.24. The normalized spacial score (nSPS) is 14.3. The molecule has 0 aliphatic heterocycles. The molecular weight excluding hydrogens is 324 g/mol. The SMILES string of the molecule is Cc1cccc(C(C(=O)NCCc2nc(C)c3c(n2)CCC3)N(C)C)c1. The van der Waals surface area contributed by atoms with Gasteiger partial charge in [-0.1, -0.05) is 29.8 Å². The van der Waals surface area contributed by atoms with Gasteiger partial charge in [0.05, 0.1) is 0 Å². The van der Waals surface area contributed by atoms with Gasteiger partial charge in [-0.25, -0.2) is 9.97 Å². The van der Waals surface area contributed by atoms with E-state index in [-0.39, 0.29) is 11.9 Å². The molecule has 0 fully saturated rings. The number of carbonyl (C=O) groups is 1. The first-order valence-corrected chi connectivity index (χ1v) is 9.31. The summed E-state index contributed by atoms with van der Waals surface area (Å²) in [4.78, 5) is 24.0. The summed E-state index contributed by atoms with van der Waals surface area (Å²) in [6.07, 6.45) is 3.98. The fraction of sp³-hybridized carbons (Fsp3) is 0.476. The number of nitrogens with one attached hydrogen (secondary N) is 1. The maximum atomic E-state index is 12.7. The molecule has 1 N–H and O–H groups in total. The Balaban J connectivity index is 1.63. The summed E-state index contributed by atoms with van der Waals surface area (Å²) < 4.78 is 0. The first kappa shape index (κ1) is 18.5. The van der Waals surface area contributed by atoms with E-state index in [0.29, 0.717) is 13.0 Å². The Kier molecular flexibility index (Phi) is 5.67. The summed E-state index contributed by atoms with van der Waals surface area (Å²) >= 11 is 0. The van der Waals surface area contributed by atoms with Gasteiger partial charge >= 0.3 is 0 Å². The van der Waals surface area contributed by atoms with Gasteiger partial charge in [0.25, 0.3) is 0 Å². The number of rotatable bonds is 6. The highest BCUT2D eigenvalue weighted by Crippen LogP contribution is 2.22. The van der Waals surface area contributed by atoms with Gasteiger partial charge in [0, 0.05) is 24.4 Å². The Bertz CT molecular complexity index is 801. The van der Waals surface area contributed by atoms with Gasteiger partial charge in [0.15, 0.2) is 0 Å². The molecule has 26 heavy (non-hydrogen) atoms. The summed E-state index contributed by atoms with van der Waals surface area (Å²) in [5.74, 6) is 0.846. The lowest BCUT2D eigenvalue weighted by atomic mass is 10.0. The van der Waals surface area contributed by atoms with Crippen LogP contribution in [-0.2, 0) is 24.1 Å². The minimum atomic E-state index is -0.294. The van der Waals surface area contributed by atoms with Gasteiger partial charge in [-0.3, -0.25) is 9.69 Å². The van der Waals surface area contributed by atoms with Crippen LogP contribution in [0.25, 0.3) is 0 Å². The molecule has 0 radical (unpaired) electrons. The Morgan fingerprint density at radius 2 is 2.04 bits per heavy atom. The average Bonchev–Trinajstić information content (AvgIpc) is 3.04. The molecule has 0 saturated heterocycles. The Morgan fingerprint density at radius 3 is 2.77 bits per heavy atom. The first-order valence-electron chi connectivity index (χ1n) is 9.31. The summed E-state index contributed by atoms with van der Waals surface area (Å²) in [6, 6.07) is 7.82. The van der Waals surface area contributed by atoms with Crippen molar-refractivity contribution in [2.24, 2.45) is 0 Å². The second kappa shape index (κ2) is 7.96. The molecule has 5 nitrogen and oxygen atoms in total. The Morgan fingerprint density at radius 1 is 1.23 bits per heavy atom. The fourth-order valence-corrected chi connectivity index (χ4v) is 3.71. The third-order valence-corrected chi connectivity index (χ3v) is 4.96. The van der Waals surface area contributed by atoms with Crippen LogP contribution in [0.4, 0.5) is 0 Å². The number of likely N-dealkylation sites (N-methyl/N-ethyl adjacent to an activating group) is 1. The topological polar surface area (TPSA) is 58.1 Å². The van der Waals surface area contributed by atoms with Crippen LogP contribution in [0.3, 0.4) is 0 Å². The zero-order chi connectivity index (χ0) is 18.7. The van der Waals surface area contributed by atoms with E-state index >= 15 is 0 Å². The van der Waals surface area contributed by atoms with E-state index < -0.39 is 0 Å². The zero-order valence-electron chi connectivity index (χ0n) is 16.2. The van der Waals surface area contributed by atoms with Gasteiger partial charge in [-0.05, 0) is 58.3 Å². The summed E-state index contributed by atoms with van der Waals surface area (Å²) in [7, 11) is 3.86. The number of fused-ring (bicyclic) bond motifs is 1. The van der Waals surface area contributed by atoms with E-state index in [1.54, 1.807) is 0 Å². The number of aryl methyl sites for hydroxylation is 3. The summed E-state index contributed by atoms with van der Waals surface area (Å²) in [6.45, 7) is 4.66. The monoisotopic (exact) mass is 352 g/mol. The number of aromatic nitrogens is 2. The number of amides is 1. The van der Waals surface area contributed by atoms with Crippen LogP contribution in [0.5, 0.6) is 0 Å². The van der Waals surface area contributed by atoms with Gasteiger partial charge in [-0.2, -0.15) is 0 Å². The van der Waals surface area contributed by atoms with Crippen molar-refractivity contribution in [3.8, 4) is 0 Å². The Hall–Kier alpha value is -2.27. The highest BCUT2D eigenvalue weighted by molar-refractivity contribution is 5.83. The quantitative estimate of drug-likeness (QED) is 0.868. The van der Waals surface area contributed by atoms with Crippen LogP contribution < -0.4 is 5.32 Å². The van der Waals surface area contributed by atoms with Crippen molar-refractivity contribution in [3.05, 3.63) is 58.2 Å². The molecule has 1 aliphatic rings. The van der Waals surface area contributed by atoms with Crippen LogP contribution >= 0.6 is 0 Å². The average molecular weight is 352 g/mol. The van der Waals surface area contributed by atoms with Crippen LogP contribution in [-0.4, -0.2) is 41.4 Å². The largest absolute Gasteiger partial charge is 0.354 e. The highest BCUT2D eigenvalue weighted by atomic mass is 16.2. The predicted molar refractivity (Wildman–Crippen MR) is 103 cm³/mol. The van der Waals surface area contributed by atoms with Crippen molar-refractivity contribution >= 4 is 5.91 Å². The summed E-state index contributed by atoms with van der Waals surface area (Å²) in [5, 5.41) is 3.06. The van der Waals surface area contributed by atoms with Gasteiger partial charge in [0.2, 0.25) is 5.91 Å². The van der Waals surface area contributed by atoms with Crippen LogP contribution in [0.2, 0.25) is 0 Å². The number of carbonyl (C=O) groups excluding carboxylic acids is 1. The van der Waals surface area contributed by atoms with E-state index in [9.17, 15) is 4.79 Å². The van der Waals surface area contributed by atoms with Crippen molar-refractivity contribution in [3.63, 3.8) is 0 Å². The minimum Gasteiger partial charge on any atom is -0.354 e. The first-order chi connectivity index (χ1) is 12.5. The highest BCUT2D eigenvalue weighted by Gasteiger charge is 2.23. The van der Waals surface area contributed by atoms with Crippen molar-refractivity contribution in [1.29, 1.82) is 0 Å². The number of benzene rings is 1. The molecule has 1 aromatic heterocycles. The molecule has 138 valence electrons. The molecule has 1 heterocycles. The standard InChI is InChI=1S/C21H28N4O/c1-14-7-5-8-16(13-14)20(25(3)4)21(26)22-12-11-19-23-15(2)17-9-6-10-18(17)24-19/h5,7-8,13,20H,6,9-12H2,1-4H3,(H,22,26). The third kappa shape index (κ3) is 4.10. The molecule has 3 rings (SSSR count).